The first-order chi connectivity index (χ1) is 9.86. The number of hydrogen-bond donors (Lipinski definition) is 1. The molecule has 1 aromatic carbocycles. The normalized spacial score (nSPS) is 19.4. The number of ether oxygens (including phenoxy) is 1. The SMILES string of the molecule is COCC1CCN(c2cc(S(=O)(=O)N(C)C)ccc2N)C1. The Labute approximate surface area is 126 Å². The van der Waals surface area contributed by atoms with Crippen molar-refractivity contribution in [2.45, 2.75) is 11.3 Å². The highest BCUT2D eigenvalue weighted by molar-refractivity contribution is 7.89. The van der Waals surface area contributed by atoms with Gasteiger partial charge in [-0.1, -0.05) is 0 Å². The van der Waals surface area contributed by atoms with Gasteiger partial charge in [0, 0.05) is 40.2 Å². The summed E-state index contributed by atoms with van der Waals surface area (Å²) in [4.78, 5) is 2.40. The van der Waals surface area contributed by atoms with Crippen LogP contribution in [0.15, 0.2) is 23.1 Å². The van der Waals surface area contributed by atoms with Gasteiger partial charge in [-0.2, -0.15) is 0 Å². The van der Waals surface area contributed by atoms with Gasteiger partial charge in [0.1, 0.15) is 0 Å². The van der Waals surface area contributed by atoms with Crippen LogP contribution in [0, 0.1) is 5.92 Å². The molecule has 1 unspecified atom stereocenters. The van der Waals surface area contributed by atoms with E-state index < -0.39 is 10.0 Å². The van der Waals surface area contributed by atoms with Crippen molar-refractivity contribution in [2.75, 3.05) is 51.5 Å². The molecule has 21 heavy (non-hydrogen) atoms. The van der Waals surface area contributed by atoms with E-state index in [-0.39, 0.29) is 4.90 Å². The first-order valence-electron chi connectivity index (χ1n) is 6.92. The van der Waals surface area contributed by atoms with Crippen LogP contribution in [-0.2, 0) is 14.8 Å². The van der Waals surface area contributed by atoms with Crippen molar-refractivity contribution >= 4 is 21.4 Å². The van der Waals surface area contributed by atoms with E-state index in [1.807, 2.05) is 0 Å². The van der Waals surface area contributed by atoms with Crippen molar-refractivity contribution in [3.63, 3.8) is 0 Å². The standard InChI is InChI=1S/C14H23N3O3S/c1-16(2)21(18,19)12-4-5-13(15)14(8-12)17-7-6-11(9-17)10-20-3/h4-5,8,11H,6-7,9-10,15H2,1-3H3. The number of nitrogens with two attached hydrogens (primary N) is 1. The Morgan fingerprint density at radius 1 is 1.43 bits per heavy atom. The molecule has 1 aliphatic heterocycles. The Kier molecular flexibility index (Phi) is 4.75. The molecule has 6 nitrogen and oxygen atoms in total. The minimum atomic E-state index is -3.44. The summed E-state index contributed by atoms with van der Waals surface area (Å²) in [5, 5.41) is 0. The fraction of sp³-hybridized carbons (Fsp3) is 0.571. The molecule has 0 saturated carbocycles. The first-order valence-corrected chi connectivity index (χ1v) is 8.36. The molecule has 2 rings (SSSR count). The molecule has 1 aliphatic rings. The summed E-state index contributed by atoms with van der Waals surface area (Å²) < 4.78 is 30.8. The Bertz CT molecular complexity index is 601. The van der Waals surface area contributed by atoms with Crippen molar-refractivity contribution in [3.05, 3.63) is 18.2 Å². The van der Waals surface area contributed by atoms with Crippen LogP contribution < -0.4 is 10.6 Å². The molecule has 0 aromatic heterocycles. The van der Waals surface area contributed by atoms with Crippen LogP contribution in [0.3, 0.4) is 0 Å². The molecule has 118 valence electrons. The molecule has 1 atom stereocenters. The van der Waals surface area contributed by atoms with E-state index in [9.17, 15) is 8.42 Å². The molecule has 1 heterocycles. The summed E-state index contributed by atoms with van der Waals surface area (Å²) in [6, 6.07) is 4.88. The van der Waals surface area contributed by atoms with E-state index in [1.54, 1.807) is 25.3 Å². The summed E-state index contributed by atoms with van der Waals surface area (Å²) in [5.74, 6) is 0.462. The molecule has 1 fully saturated rings. The highest BCUT2D eigenvalue weighted by Crippen LogP contribution is 2.31. The minimum Gasteiger partial charge on any atom is -0.397 e. The molecule has 0 radical (unpaired) electrons. The van der Waals surface area contributed by atoms with Gasteiger partial charge in [0.25, 0.3) is 0 Å². The molecule has 1 aromatic rings. The summed E-state index contributed by atoms with van der Waals surface area (Å²) in [6.45, 7) is 2.42. The van der Waals surface area contributed by atoms with Crippen molar-refractivity contribution < 1.29 is 13.2 Å². The van der Waals surface area contributed by atoms with Crippen LogP contribution in [0.25, 0.3) is 0 Å². The second-order valence-electron chi connectivity index (χ2n) is 5.56. The average Bonchev–Trinajstić information content (AvgIpc) is 2.87. The van der Waals surface area contributed by atoms with E-state index in [4.69, 9.17) is 10.5 Å². The predicted octanol–water partition coefficient (Wildman–Crippen LogP) is 0.992. The van der Waals surface area contributed by atoms with Crippen LogP contribution in [0.5, 0.6) is 0 Å². The maximum Gasteiger partial charge on any atom is 0.242 e. The molecule has 1 saturated heterocycles. The zero-order chi connectivity index (χ0) is 15.6. The van der Waals surface area contributed by atoms with Crippen LogP contribution in [0.1, 0.15) is 6.42 Å². The van der Waals surface area contributed by atoms with Gasteiger partial charge in [0.15, 0.2) is 0 Å². The van der Waals surface area contributed by atoms with Gasteiger partial charge in [-0.3, -0.25) is 0 Å². The lowest BCUT2D eigenvalue weighted by Crippen LogP contribution is -2.24. The van der Waals surface area contributed by atoms with Gasteiger partial charge in [0.2, 0.25) is 10.0 Å². The molecule has 7 heteroatoms. The topological polar surface area (TPSA) is 75.9 Å². The summed E-state index contributed by atoms with van der Waals surface area (Å²) in [7, 11) is 1.30. The maximum absolute atomic E-state index is 12.2. The zero-order valence-corrected chi connectivity index (χ0v) is 13.6. The Morgan fingerprint density at radius 2 is 2.14 bits per heavy atom. The van der Waals surface area contributed by atoms with E-state index >= 15 is 0 Å². The smallest absolute Gasteiger partial charge is 0.242 e. The van der Waals surface area contributed by atoms with Gasteiger partial charge in [0.05, 0.1) is 22.9 Å². The summed E-state index contributed by atoms with van der Waals surface area (Å²) in [6.07, 6.45) is 1.03. The highest BCUT2D eigenvalue weighted by atomic mass is 32.2. The van der Waals surface area contributed by atoms with Crippen LogP contribution in [0.2, 0.25) is 0 Å². The largest absolute Gasteiger partial charge is 0.397 e. The molecule has 0 amide bonds. The fourth-order valence-electron chi connectivity index (χ4n) is 2.59. The van der Waals surface area contributed by atoms with E-state index in [2.05, 4.69) is 4.90 Å². The van der Waals surface area contributed by atoms with Crippen molar-refractivity contribution in [1.29, 1.82) is 0 Å². The monoisotopic (exact) mass is 313 g/mol. The lowest BCUT2D eigenvalue weighted by molar-refractivity contribution is 0.161. The van der Waals surface area contributed by atoms with Gasteiger partial charge in [-0.25, -0.2) is 12.7 Å². The quantitative estimate of drug-likeness (QED) is 0.821. The number of hydrogen-bond acceptors (Lipinski definition) is 5. The third-order valence-electron chi connectivity index (χ3n) is 3.81. The van der Waals surface area contributed by atoms with Crippen LogP contribution in [0.4, 0.5) is 11.4 Å². The van der Waals surface area contributed by atoms with Crippen molar-refractivity contribution in [3.8, 4) is 0 Å². The van der Waals surface area contributed by atoms with Gasteiger partial charge in [-0.05, 0) is 24.6 Å². The third-order valence-corrected chi connectivity index (χ3v) is 5.62. The van der Waals surface area contributed by atoms with Crippen LogP contribution in [-0.4, -0.2) is 53.6 Å². The number of nitrogen functional groups attached to an aromatic ring is 1. The third kappa shape index (κ3) is 3.30. The molecule has 0 bridgehead atoms. The average molecular weight is 313 g/mol. The molecular weight excluding hydrogens is 290 g/mol. The Balaban J connectivity index is 2.29. The number of benzene rings is 1. The minimum absolute atomic E-state index is 0.270. The lowest BCUT2D eigenvalue weighted by atomic mass is 10.1. The van der Waals surface area contributed by atoms with Crippen LogP contribution >= 0.6 is 0 Å². The molecular formula is C14H23N3O3S. The van der Waals surface area contributed by atoms with Gasteiger partial charge in [-0.15, -0.1) is 0 Å². The maximum atomic E-state index is 12.2. The number of anilines is 2. The Morgan fingerprint density at radius 3 is 2.76 bits per heavy atom. The van der Waals surface area contributed by atoms with Crippen molar-refractivity contribution in [1.82, 2.24) is 4.31 Å². The van der Waals surface area contributed by atoms with Crippen molar-refractivity contribution in [2.24, 2.45) is 5.92 Å². The van der Waals surface area contributed by atoms with Gasteiger partial charge < -0.3 is 15.4 Å². The zero-order valence-electron chi connectivity index (χ0n) is 12.7. The van der Waals surface area contributed by atoms with Gasteiger partial charge >= 0.3 is 0 Å². The van der Waals surface area contributed by atoms with E-state index in [0.717, 1.165) is 25.2 Å². The summed E-state index contributed by atoms with van der Waals surface area (Å²) in [5.41, 5.74) is 7.42. The second kappa shape index (κ2) is 6.21. The van der Waals surface area contributed by atoms with E-state index in [1.165, 1.54) is 18.4 Å². The first kappa shape index (κ1) is 16.1. The van der Waals surface area contributed by atoms with E-state index in [0.29, 0.717) is 18.2 Å². The fourth-order valence-corrected chi connectivity index (χ4v) is 3.51. The highest BCUT2D eigenvalue weighted by Gasteiger charge is 2.26. The molecule has 2 N–H and O–H groups in total. The molecule has 0 aliphatic carbocycles. The number of sulfonamides is 1. The Hall–Kier alpha value is -1.31. The predicted molar refractivity (Wildman–Crippen MR) is 83.9 cm³/mol. The molecule has 0 spiro atoms. The number of methoxy groups -OCH3 is 1. The number of nitrogens with zero attached hydrogens (tertiary/aromatic N) is 2. The lowest BCUT2D eigenvalue weighted by Gasteiger charge is -2.22. The summed E-state index contributed by atoms with van der Waals surface area (Å²) >= 11 is 0. The second-order valence-corrected chi connectivity index (χ2v) is 7.72. The number of rotatable bonds is 5.